The van der Waals surface area contributed by atoms with Crippen molar-refractivity contribution in [3.05, 3.63) is 21.7 Å². The van der Waals surface area contributed by atoms with Gasteiger partial charge in [-0.3, -0.25) is 9.36 Å². The van der Waals surface area contributed by atoms with E-state index in [-0.39, 0.29) is 11.6 Å². The van der Waals surface area contributed by atoms with Crippen LogP contribution in [0.3, 0.4) is 0 Å². The Bertz CT molecular complexity index is 626. The molecule has 7 heteroatoms. The van der Waals surface area contributed by atoms with Crippen LogP contribution in [0.2, 0.25) is 0 Å². The third-order valence-corrected chi connectivity index (χ3v) is 5.62. The summed E-state index contributed by atoms with van der Waals surface area (Å²) in [6.45, 7) is 7.81. The fourth-order valence-electron chi connectivity index (χ4n) is 3.09. The molecule has 0 saturated heterocycles. The molecule has 0 saturated carbocycles. The molecule has 1 N–H and O–H groups in total. The molecule has 6 nitrogen and oxygen atoms in total. The van der Waals surface area contributed by atoms with Crippen LogP contribution < -0.4 is 11.0 Å². The number of thioether (sulfide) groups is 1. The maximum atomic E-state index is 12.5. The topological polar surface area (TPSA) is 67.2 Å². The Balaban J connectivity index is 2.26. The first kappa shape index (κ1) is 19.0. The van der Waals surface area contributed by atoms with Crippen LogP contribution in [0.4, 0.5) is 0 Å². The standard InChI is InChI=1S/C17H28N4O2S/c1-4-20(5-2)10-11-21-14-9-7-6-8-13(14)16(19-17(21)23)24-12-15(22)18-3/h4-12H2,1-3H3,(H,18,22). The van der Waals surface area contributed by atoms with E-state index in [4.69, 9.17) is 0 Å². The average Bonchev–Trinajstić information content (AvgIpc) is 2.61. The first-order valence-electron chi connectivity index (χ1n) is 8.79. The van der Waals surface area contributed by atoms with Gasteiger partial charge in [-0.25, -0.2) is 4.79 Å². The maximum absolute atomic E-state index is 12.5. The molecular formula is C17H28N4O2S. The fourth-order valence-corrected chi connectivity index (χ4v) is 4.03. The van der Waals surface area contributed by atoms with E-state index in [9.17, 15) is 9.59 Å². The number of hydrogen-bond acceptors (Lipinski definition) is 5. The van der Waals surface area contributed by atoms with Crippen molar-refractivity contribution in [3.63, 3.8) is 0 Å². The molecular weight excluding hydrogens is 324 g/mol. The Kier molecular flexibility index (Phi) is 7.30. The first-order chi connectivity index (χ1) is 11.6. The highest BCUT2D eigenvalue weighted by atomic mass is 32.2. The van der Waals surface area contributed by atoms with Crippen LogP contribution in [0, 0.1) is 0 Å². The van der Waals surface area contributed by atoms with Gasteiger partial charge < -0.3 is 10.2 Å². The third kappa shape index (κ3) is 4.60. The Morgan fingerprint density at radius 1 is 1.29 bits per heavy atom. The predicted molar refractivity (Wildman–Crippen MR) is 97.7 cm³/mol. The molecule has 0 fully saturated rings. The zero-order valence-corrected chi connectivity index (χ0v) is 15.7. The van der Waals surface area contributed by atoms with E-state index in [1.54, 1.807) is 7.05 Å². The molecule has 1 aliphatic carbocycles. The highest BCUT2D eigenvalue weighted by Gasteiger charge is 2.21. The molecule has 134 valence electrons. The molecule has 1 amide bonds. The number of carbonyl (C=O) groups is 1. The smallest absolute Gasteiger partial charge is 0.348 e. The lowest BCUT2D eigenvalue weighted by Crippen LogP contribution is -2.35. The zero-order valence-electron chi connectivity index (χ0n) is 14.9. The summed E-state index contributed by atoms with van der Waals surface area (Å²) in [6.07, 6.45) is 4.11. The SMILES string of the molecule is CCN(CC)CCn1c2c(c(SCC(=O)NC)nc1=O)CCCC2. The van der Waals surface area contributed by atoms with Crippen molar-refractivity contribution in [2.45, 2.75) is 51.1 Å². The summed E-state index contributed by atoms with van der Waals surface area (Å²) in [6, 6.07) is 0. The average molecular weight is 353 g/mol. The van der Waals surface area contributed by atoms with E-state index in [1.165, 1.54) is 17.3 Å². The second-order valence-electron chi connectivity index (χ2n) is 5.97. The van der Waals surface area contributed by atoms with E-state index in [0.29, 0.717) is 12.3 Å². The lowest BCUT2D eigenvalue weighted by Gasteiger charge is -2.24. The van der Waals surface area contributed by atoms with Crippen LogP contribution in [0.5, 0.6) is 0 Å². The van der Waals surface area contributed by atoms with Gasteiger partial charge in [-0.1, -0.05) is 25.6 Å². The van der Waals surface area contributed by atoms with E-state index < -0.39 is 0 Å². The van der Waals surface area contributed by atoms with Gasteiger partial charge in [0, 0.05) is 31.4 Å². The van der Waals surface area contributed by atoms with E-state index in [0.717, 1.165) is 56.0 Å². The Labute approximate surface area is 148 Å². The number of nitrogens with one attached hydrogen (secondary N) is 1. The molecule has 0 aliphatic heterocycles. The van der Waals surface area contributed by atoms with E-state index in [2.05, 4.69) is 29.0 Å². The summed E-state index contributed by atoms with van der Waals surface area (Å²) < 4.78 is 1.86. The maximum Gasteiger partial charge on any atom is 0.348 e. The number of amides is 1. The molecule has 0 radical (unpaired) electrons. The Morgan fingerprint density at radius 2 is 2.00 bits per heavy atom. The summed E-state index contributed by atoms with van der Waals surface area (Å²) in [5, 5.41) is 3.36. The van der Waals surface area contributed by atoms with Crippen LogP contribution in [0.25, 0.3) is 0 Å². The van der Waals surface area contributed by atoms with Gasteiger partial charge in [0.2, 0.25) is 5.91 Å². The van der Waals surface area contributed by atoms with Crippen molar-refractivity contribution in [3.8, 4) is 0 Å². The molecule has 0 atom stereocenters. The van der Waals surface area contributed by atoms with Crippen LogP contribution in [-0.4, -0.2) is 52.8 Å². The van der Waals surface area contributed by atoms with Crippen LogP contribution in [0.15, 0.2) is 9.82 Å². The van der Waals surface area contributed by atoms with Crippen molar-refractivity contribution in [1.82, 2.24) is 19.8 Å². The summed E-state index contributed by atoms with van der Waals surface area (Å²) in [5.74, 6) is 0.260. The largest absolute Gasteiger partial charge is 0.358 e. The van der Waals surface area contributed by atoms with Crippen LogP contribution >= 0.6 is 11.8 Å². The molecule has 24 heavy (non-hydrogen) atoms. The van der Waals surface area contributed by atoms with Gasteiger partial charge in [0.05, 0.1) is 5.75 Å². The Morgan fingerprint density at radius 3 is 2.67 bits per heavy atom. The van der Waals surface area contributed by atoms with Crippen molar-refractivity contribution in [2.75, 3.05) is 32.4 Å². The number of aromatic nitrogens is 2. The molecule has 1 aromatic rings. The van der Waals surface area contributed by atoms with Crippen molar-refractivity contribution < 1.29 is 4.79 Å². The predicted octanol–water partition coefficient (Wildman–Crippen LogP) is 1.30. The summed E-state index contributed by atoms with van der Waals surface area (Å²) >= 11 is 1.38. The number of hydrogen-bond donors (Lipinski definition) is 1. The van der Waals surface area contributed by atoms with Gasteiger partial charge >= 0.3 is 5.69 Å². The minimum absolute atomic E-state index is 0.0444. The lowest BCUT2D eigenvalue weighted by molar-refractivity contribution is -0.118. The quantitative estimate of drug-likeness (QED) is 0.564. The molecule has 0 unspecified atom stereocenters. The van der Waals surface area contributed by atoms with Gasteiger partial charge in [-0.2, -0.15) is 4.98 Å². The number of fused-ring (bicyclic) bond motifs is 1. The van der Waals surface area contributed by atoms with Crippen molar-refractivity contribution >= 4 is 17.7 Å². The van der Waals surface area contributed by atoms with Gasteiger partial charge in [0.25, 0.3) is 0 Å². The molecule has 0 spiro atoms. The molecule has 1 aromatic heterocycles. The molecule has 2 rings (SSSR count). The lowest BCUT2D eigenvalue weighted by atomic mass is 9.97. The number of rotatable bonds is 8. The number of carbonyl (C=O) groups excluding carboxylic acids is 1. The number of likely N-dealkylation sites (N-methyl/N-ethyl adjacent to an activating group) is 1. The van der Waals surface area contributed by atoms with Gasteiger partial charge in [-0.05, 0) is 38.8 Å². The summed E-state index contributed by atoms with van der Waals surface area (Å²) in [4.78, 5) is 30.6. The summed E-state index contributed by atoms with van der Waals surface area (Å²) in [5.41, 5.74) is 2.13. The van der Waals surface area contributed by atoms with Crippen molar-refractivity contribution in [1.29, 1.82) is 0 Å². The first-order valence-corrected chi connectivity index (χ1v) is 9.77. The van der Waals surface area contributed by atoms with E-state index >= 15 is 0 Å². The van der Waals surface area contributed by atoms with Gasteiger partial charge in [0.15, 0.2) is 0 Å². The monoisotopic (exact) mass is 352 g/mol. The van der Waals surface area contributed by atoms with Gasteiger partial charge in [-0.15, -0.1) is 0 Å². The summed E-state index contributed by atoms with van der Waals surface area (Å²) in [7, 11) is 1.62. The zero-order chi connectivity index (χ0) is 17.5. The van der Waals surface area contributed by atoms with Crippen molar-refractivity contribution in [2.24, 2.45) is 0 Å². The second kappa shape index (κ2) is 9.22. The third-order valence-electron chi connectivity index (χ3n) is 4.60. The molecule has 1 heterocycles. The molecule has 1 aliphatic rings. The second-order valence-corrected chi connectivity index (χ2v) is 6.94. The fraction of sp³-hybridized carbons (Fsp3) is 0.706. The normalized spacial score (nSPS) is 13.8. The number of nitrogens with zero attached hydrogens (tertiary/aromatic N) is 3. The van der Waals surface area contributed by atoms with Gasteiger partial charge in [0.1, 0.15) is 5.03 Å². The minimum atomic E-state index is -0.179. The van der Waals surface area contributed by atoms with Crippen LogP contribution in [0.1, 0.15) is 37.9 Å². The minimum Gasteiger partial charge on any atom is -0.358 e. The van der Waals surface area contributed by atoms with Crippen LogP contribution in [-0.2, 0) is 24.2 Å². The molecule has 0 bridgehead atoms. The molecule has 0 aromatic carbocycles. The van der Waals surface area contributed by atoms with E-state index in [1.807, 2.05) is 4.57 Å². The highest BCUT2D eigenvalue weighted by Crippen LogP contribution is 2.28. The Hall–Kier alpha value is -1.34. The highest BCUT2D eigenvalue weighted by molar-refractivity contribution is 7.99.